The van der Waals surface area contributed by atoms with Gasteiger partial charge in [-0.25, -0.2) is 0 Å². The number of rotatable bonds is 3. The number of furan rings is 1. The van der Waals surface area contributed by atoms with E-state index in [0.29, 0.717) is 4.83 Å². The Morgan fingerprint density at radius 1 is 1.20 bits per heavy atom. The second kappa shape index (κ2) is 4.67. The van der Waals surface area contributed by atoms with E-state index in [1.54, 1.807) is 6.26 Å². The number of halogens is 1. The maximum atomic E-state index is 5.29. The molecule has 15 heavy (non-hydrogen) atoms. The molecule has 78 valence electrons. The van der Waals surface area contributed by atoms with Gasteiger partial charge < -0.3 is 4.42 Å². The lowest BCUT2D eigenvalue weighted by molar-refractivity contribution is 0.529. The van der Waals surface area contributed by atoms with Gasteiger partial charge in [-0.2, -0.15) is 0 Å². The van der Waals surface area contributed by atoms with Crippen molar-refractivity contribution in [2.45, 2.75) is 18.2 Å². The Labute approximate surface area is 98.2 Å². The second-order valence-electron chi connectivity index (χ2n) is 3.59. The van der Waals surface area contributed by atoms with Gasteiger partial charge in [0.15, 0.2) is 0 Å². The van der Waals surface area contributed by atoms with Gasteiger partial charge in [-0.15, -0.1) is 0 Å². The van der Waals surface area contributed by atoms with Gasteiger partial charge in [0.25, 0.3) is 0 Å². The Morgan fingerprint density at radius 3 is 2.53 bits per heavy atom. The highest BCUT2D eigenvalue weighted by molar-refractivity contribution is 9.09. The zero-order valence-electron chi connectivity index (χ0n) is 8.61. The first-order valence-corrected chi connectivity index (χ1v) is 5.91. The van der Waals surface area contributed by atoms with Crippen molar-refractivity contribution in [2.24, 2.45) is 0 Å². The van der Waals surface area contributed by atoms with Crippen molar-refractivity contribution in [3.8, 4) is 0 Å². The van der Waals surface area contributed by atoms with E-state index in [-0.39, 0.29) is 0 Å². The van der Waals surface area contributed by atoms with Gasteiger partial charge in [0.2, 0.25) is 0 Å². The van der Waals surface area contributed by atoms with E-state index in [9.17, 15) is 0 Å². The highest BCUT2D eigenvalue weighted by Gasteiger charge is 2.12. The zero-order valence-corrected chi connectivity index (χ0v) is 10.2. The fourth-order valence-electron chi connectivity index (χ4n) is 1.65. The van der Waals surface area contributed by atoms with Crippen LogP contribution in [0.4, 0.5) is 0 Å². The molecule has 1 atom stereocenters. The van der Waals surface area contributed by atoms with Crippen LogP contribution in [0.15, 0.2) is 47.1 Å². The average Bonchev–Trinajstić information content (AvgIpc) is 2.66. The van der Waals surface area contributed by atoms with Crippen LogP contribution in [0.25, 0.3) is 0 Å². The number of benzene rings is 1. The highest BCUT2D eigenvalue weighted by Crippen LogP contribution is 2.29. The monoisotopic (exact) mass is 264 g/mol. The third kappa shape index (κ3) is 2.51. The molecule has 0 fully saturated rings. The third-order valence-electron chi connectivity index (χ3n) is 2.49. The second-order valence-corrected chi connectivity index (χ2v) is 4.69. The van der Waals surface area contributed by atoms with Gasteiger partial charge in [-0.3, -0.25) is 0 Å². The first-order valence-electron chi connectivity index (χ1n) is 4.99. The average molecular weight is 265 g/mol. The van der Waals surface area contributed by atoms with E-state index in [1.165, 1.54) is 11.1 Å². The highest BCUT2D eigenvalue weighted by atomic mass is 79.9. The van der Waals surface area contributed by atoms with E-state index in [1.807, 2.05) is 19.1 Å². The summed E-state index contributed by atoms with van der Waals surface area (Å²) in [6.07, 6.45) is 2.73. The van der Waals surface area contributed by atoms with Crippen LogP contribution in [0.3, 0.4) is 0 Å². The van der Waals surface area contributed by atoms with E-state index in [2.05, 4.69) is 40.2 Å². The van der Waals surface area contributed by atoms with Crippen molar-refractivity contribution in [3.05, 3.63) is 59.5 Å². The van der Waals surface area contributed by atoms with Gasteiger partial charge in [0, 0.05) is 10.4 Å². The zero-order chi connectivity index (χ0) is 10.7. The van der Waals surface area contributed by atoms with Crippen LogP contribution in [0.5, 0.6) is 0 Å². The first kappa shape index (κ1) is 10.5. The molecule has 0 saturated heterocycles. The molecule has 0 aliphatic carbocycles. The molecule has 1 heterocycles. The number of hydrogen-bond acceptors (Lipinski definition) is 1. The summed E-state index contributed by atoms with van der Waals surface area (Å²) >= 11 is 3.69. The summed E-state index contributed by atoms with van der Waals surface area (Å²) in [5, 5.41) is 0. The summed E-state index contributed by atoms with van der Waals surface area (Å²) in [7, 11) is 0. The van der Waals surface area contributed by atoms with Gasteiger partial charge in [-0.1, -0.05) is 46.3 Å². The molecule has 2 aromatic rings. The topological polar surface area (TPSA) is 13.1 Å². The molecule has 0 bridgehead atoms. The lowest BCUT2D eigenvalue weighted by atomic mass is 10.1. The fraction of sp³-hybridized carbons (Fsp3) is 0.231. The van der Waals surface area contributed by atoms with E-state index in [4.69, 9.17) is 4.42 Å². The molecule has 0 aliphatic heterocycles. The maximum absolute atomic E-state index is 5.29. The summed E-state index contributed by atoms with van der Waals surface area (Å²) in [5.74, 6) is 0.993. The SMILES string of the molecule is Cc1occc1C(Br)Cc1ccccc1. The van der Waals surface area contributed by atoms with Crippen molar-refractivity contribution < 1.29 is 4.42 Å². The molecule has 1 unspecified atom stereocenters. The van der Waals surface area contributed by atoms with Gasteiger partial charge in [0.05, 0.1) is 6.26 Å². The Hall–Kier alpha value is -1.02. The lowest BCUT2D eigenvalue weighted by Crippen LogP contribution is -1.95. The Bertz CT molecular complexity index is 419. The first-order chi connectivity index (χ1) is 7.27. The molecular weight excluding hydrogens is 252 g/mol. The normalized spacial score (nSPS) is 12.7. The maximum Gasteiger partial charge on any atom is 0.105 e. The van der Waals surface area contributed by atoms with Crippen molar-refractivity contribution >= 4 is 15.9 Å². The molecule has 0 N–H and O–H groups in total. The Kier molecular flexibility index (Phi) is 3.27. The summed E-state index contributed by atoms with van der Waals surface area (Å²) in [6, 6.07) is 12.5. The van der Waals surface area contributed by atoms with Crippen molar-refractivity contribution in [2.75, 3.05) is 0 Å². The molecule has 0 amide bonds. The van der Waals surface area contributed by atoms with Crippen LogP contribution in [0, 0.1) is 6.92 Å². The third-order valence-corrected chi connectivity index (χ3v) is 3.31. The van der Waals surface area contributed by atoms with Gasteiger partial charge >= 0.3 is 0 Å². The van der Waals surface area contributed by atoms with Crippen LogP contribution < -0.4 is 0 Å². The molecule has 2 heteroatoms. The van der Waals surface area contributed by atoms with Gasteiger partial charge in [0.1, 0.15) is 5.76 Å². The summed E-state index contributed by atoms with van der Waals surface area (Å²) in [4.78, 5) is 0.332. The minimum Gasteiger partial charge on any atom is -0.469 e. The standard InChI is InChI=1S/C13H13BrO/c1-10-12(7-8-15-10)13(14)9-11-5-3-2-4-6-11/h2-8,13H,9H2,1H3. The van der Waals surface area contributed by atoms with Crippen molar-refractivity contribution in [3.63, 3.8) is 0 Å². The minimum atomic E-state index is 0.332. The molecule has 0 saturated carbocycles. The van der Waals surface area contributed by atoms with Crippen LogP contribution in [-0.2, 0) is 6.42 Å². The smallest absolute Gasteiger partial charge is 0.105 e. The predicted octanol–water partition coefficient (Wildman–Crippen LogP) is 4.27. The van der Waals surface area contributed by atoms with Crippen molar-refractivity contribution in [1.82, 2.24) is 0 Å². The van der Waals surface area contributed by atoms with E-state index in [0.717, 1.165) is 12.2 Å². The molecule has 0 spiro atoms. The predicted molar refractivity (Wildman–Crippen MR) is 65.3 cm³/mol. The Morgan fingerprint density at radius 2 is 1.93 bits per heavy atom. The molecular formula is C13H13BrO. The summed E-state index contributed by atoms with van der Waals surface area (Å²) < 4.78 is 5.29. The van der Waals surface area contributed by atoms with E-state index < -0.39 is 0 Å². The lowest BCUT2D eigenvalue weighted by Gasteiger charge is -2.08. The molecule has 1 aromatic carbocycles. The van der Waals surface area contributed by atoms with Crippen LogP contribution in [0.1, 0.15) is 21.7 Å². The van der Waals surface area contributed by atoms with Crippen LogP contribution in [-0.4, -0.2) is 0 Å². The van der Waals surface area contributed by atoms with Crippen LogP contribution in [0.2, 0.25) is 0 Å². The molecule has 2 rings (SSSR count). The van der Waals surface area contributed by atoms with Crippen molar-refractivity contribution in [1.29, 1.82) is 0 Å². The van der Waals surface area contributed by atoms with Crippen LogP contribution >= 0.6 is 15.9 Å². The van der Waals surface area contributed by atoms with Gasteiger partial charge in [-0.05, 0) is 25.0 Å². The minimum absolute atomic E-state index is 0.332. The molecule has 0 radical (unpaired) electrons. The van der Waals surface area contributed by atoms with E-state index >= 15 is 0 Å². The molecule has 0 aliphatic rings. The summed E-state index contributed by atoms with van der Waals surface area (Å²) in [6.45, 7) is 1.99. The molecule has 1 aromatic heterocycles. The number of hydrogen-bond donors (Lipinski definition) is 0. The Balaban J connectivity index is 2.11. The molecule has 1 nitrogen and oxygen atoms in total. The quantitative estimate of drug-likeness (QED) is 0.755. The summed E-state index contributed by atoms with van der Waals surface area (Å²) in [5.41, 5.74) is 2.57. The number of alkyl halides is 1. The largest absolute Gasteiger partial charge is 0.469 e. The number of aryl methyl sites for hydroxylation is 1. The fourth-order valence-corrected chi connectivity index (χ4v) is 2.50.